The Labute approximate surface area is 57.0 Å². The van der Waals surface area contributed by atoms with Crippen LogP contribution < -0.4 is 0 Å². The quantitative estimate of drug-likeness (QED) is 0.421. The molecule has 1 aromatic rings. The highest BCUT2D eigenvalue weighted by atomic mass is 16.3. The van der Waals surface area contributed by atoms with E-state index in [0.717, 1.165) is 0 Å². The zero-order chi connectivity index (χ0) is 7.56. The van der Waals surface area contributed by atoms with Crippen molar-refractivity contribution >= 4 is 5.69 Å². The van der Waals surface area contributed by atoms with Crippen LogP contribution in [-0.2, 0) is 0 Å². The molecule has 50 valence electrons. The van der Waals surface area contributed by atoms with Crippen LogP contribution in [0.4, 0.5) is 5.69 Å². The molecule has 0 saturated carbocycles. The molecule has 0 spiro atoms. The van der Waals surface area contributed by atoms with E-state index >= 15 is 0 Å². The van der Waals surface area contributed by atoms with Gasteiger partial charge >= 0.3 is 5.69 Å². The van der Waals surface area contributed by atoms with Crippen LogP contribution in [0.25, 0.3) is 4.98 Å². The smallest absolute Gasteiger partial charge is 0.430 e. The fourth-order valence-electron chi connectivity index (χ4n) is 0.600. The molecule has 1 aromatic carbocycles. The predicted molar refractivity (Wildman–Crippen MR) is 34.5 cm³/mol. The zero-order valence-corrected chi connectivity index (χ0v) is 5.02. The molecule has 0 heterocycles. The first-order chi connectivity index (χ1) is 4.75. The lowest BCUT2D eigenvalue weighted by atomic mass is 10.3. The van der Waals surface area contributed by atoms with Crippen LogP contribution in [0.15, 0.2) is 18.2 Å². The van der Waals surface area contributed by atoms with Crippen molar-refractivity contribution in [2.24, 2.45) is 0 Å². The molecule has 4 heteroatoms. The molecule has 0 unspecified atom stereocenters. The van der Waals surface area contributed by atoms with Crippen LogP contribution >= 0.6 is 0 Å². The lowest BCUT2D eigenvalue weighted by Crippen LogP contribution is -1.66. The molecule has 10 heavy (non-hydrogen) atoms. The summed E-state index contributed by atoms with van der Waals surface area (Å²) < 4.78 is 0. The Kier molecular flexibility index (Phi) is 1.42. The average Bonchev–Trinajstić information content (AvgIpc) is 1.95. The number of hydrogen-bond acceptors (Lipinski definition) is 3. The number of benzene rings is 1. The lowest BCUT2D eigenvalue weighted by molar-refractivity contribution is 0.406. The molecule has 0 fully saturated rings. The van der Waals surface area contributed by atoms with Gasteiger partial charge in [-0.05, 0) is 6.07 Å². The van der Waals surface area contributed by atoms with Gasteiger partial charge in [0.25, 0.3) is 5.75 Å². The van der Waals surface area contributed by atoms with E-state index in [1.807, 2.05) is 0 Å². The van der Waals surface area contributed by atoms with Crippen LogP contribution in [0.5, 0.6) is 11.5 Å². The summed E-state index contributed by atoms with van der Waals surface area (Å²) >= 11 is 0. The maximum absolute atomic E-state index is 8.89. The van der Waals surface area contributed by atoms with Crippen molar-refractivity contribution in [1.82, 2.24) is 0 Å². The second-order valence-electron chi connectivity index (χ2n) is 1.74. The molecule has 0 aliphatic carbocycles. The summed E-state index contributed by atoms with van der Waals surface area (Å²) in [5.74, 6) is -0.708. The van der Waals surface area contributed by atoms with Crippen molar-refractivity contribution in [1.29, 1.82) is 5.39 Å². The Hall–Kier alpha value is -1.76. The van der Waals surface area contributed by atoms with Crippen LogP contribution in [0.2, 0.25) is 0 Å². The van der Waals surface area contributed by atoms with Gasteiger partial charge in [-0.25, -0.2) is 0 Å². The summed E-state index contributed by atoms with van der Waals surface area (Å²) in [6.45, 7) is 0. The fraction of sp³-hybridized carbons (Fsp3) is 0. The van der Waals surface area contributed by atoms with E-state index in [0.29, 0.717) is 0 Å². The van der Waals surface area contributed by atoms with Crippen molar-refractivity contribution in [3.8, 4) is 11.5 Å². The normalized spacial score (nSPS) is 8.70. The Balaban J connectivity index is 3.31. The van der Waals surface area contributed by atoms with Crippen LogP contribution in [0.1, 0.15) is 0 Å². The molecule has 0 amide bonds. The van der Waals surface area contributed by atoms with E-state index in [9.17, 15) is 0 Å². The van der Waals surface area contributed by atoms with E-state index < -0.39 is 5.75 Å². The number of diazo groups is 1. The van der Waals surface area contributed by atoms with E-state index in [2.05, 4.69) is 4.98 Å². The van der Waals surface area contributed by atoms with Gasteiger partial charge in [-0.15, -0.1) is 0 Å². The number of hydrogen-bond donors (Lipinski definition) is 2. The minimum absolute atomic E-state index is 0.0417. The maximum Gasteiger partial charge on any atom is 0.430 e. The monoisotopic (exact) mass is 137 g/mol. The van der Waals surface area contributed by atoms with E-state index in [4.69, 9.17) is 15.6 Å². The summed E-state index contributed by atoms with van der Waals surface area (Å²) in [7, 11) is 0. The molecule has 0 aliphatic rings. The topological polar surface area (TPSA) is 68.6 Å². The first-order valence-corrected chi connectivity index (χ1v) is 2.61. The molecule has 0 aromatic heterocycles. The van der Waals surface area contributed by atoms with Crippen LogP contribution in [0.3, 0.4) is 0 Å². The lowest BCUT2D eigenvalue weighted by Gasteiger charge is -1.88. The standard InChI is InChI=1S/C6H4N2O2/c7-8-4-2-1-3-5(9)6(4)10/h1-3,7H/p+1. The number of rotatable bonds is 0. The zero-order valence-electron chi connectivity index (χ0n) is 5.02. The predicted octanol–water partition coefficient (Wildman–Crippen LogP) is 1.58. The summed E-state index contributed by atoms with van der Waals surface area (Å²) in [4.78, 5) is 2.72. The van der Waals surface area contributed by atoms with Gasteiger partial charge in [0.15, 0.2) is 10.7 Å². The average molecular weight is 137 g/mol. The minimum Gasteiger partial charge on any atom is -0.504 e. The molecule has 0 bridgehead atoms. The first-order valence-electron chi connectivity index (χ1n) is 2.61. The third-order valence-electron chi connectivity index (χ3n) is 1.10. The van der Waals surface area contributed by atoms with E-state index in [-0.39, 0.29) is 11.4 Å². The highest BCUT2D eigenvalue weighted by Gasteiger charge is 2.14. The van der Waals surface area contributed by atoms with Gasteiger partial charge in [-0.1, -0.05) is 6.07 Å². The highest BCUT2D eigenvalue weighted by Crippen LogP contribution is 2.34. The van der Waals surface area contributed by atoms with Gasteiger partial charge in [-0.3, -0.25) is 0 Å². The third-order valence-corrected chi connectivity index (χ3v) is 1.10. The van der Waals surface area contributed by atoms with Gasteiger partial charge in [0.2, 0.25) is 5.39 Å². The van der Waals surface area contributed by atoms with Crippen molar-refractivity contribution in [2.45, 2.75) is 0 Å². The summed E-state index contributed by atoms with van der Waals surface area (Å²) in [5, 5.41) is 25.9. The molecule has 0 radical (unpaired) electrons. The summed E-state index contributed by atoms with van der Waals surface area (Å²) in [6.07, 6.45) is 0. The van der Waals surface area contributed by atoms with Crippen LogP contribution in [0, 0.1) is 5.39 Å². The SMILES string of the molecule is N#[N+]c1cccc(O)c1O. The van der Waals surface area contributed by atoms with E-state index in [1.54, 1.807) is 0 Å². The first kappa shape index (κ1) is 6.36. The largest absolute Gasteiger partial charge is 0.504 e. The molecule has 0 aliphatic heterocycles. The third kappa shape index (κ3) is 0.845. The summed E-state index contributed by atoms with van der Waals surface area (Å²) in [6, 6.07) is 4.13. The number of aromatic hydroxyl groups is 2. The second-order valence-corrected chi connectivity index (χ2v) is 1.74. The van der Waals surface area contributed by atoms with Gasteiger partial charge < -0.3 is 10.2 Å². The van der Waals surface area contributed by atoms with Gasteiger partial charge in [-0.2, -0.15) is 0 Å². The van der Waals surface area contributed by atoms with Crippen LogP contribution in [-0.4, -0.2) is 10.2 Å². The van der Waals surface area contributed by atoms with Crippen molar-refractivity contribution in [3.63, 3.8) is 0 Å². The molecule has 0 atom stereocenters. The highest BCUT2D eigenvalue weighted by molar-refractivity contribution is 5.61. The minimum atomic E-state index is -0.412. The van der Waals surface area contributed by atoms with Crippen molar-refractivity contribution < 1.29 is 10.2 Å². The number of para-hydroxylation sites is 1. The Morgan fingerprint density at radius 1 is 1.30 bits per heavy atom. The Morgan fingerprint density at radius 2 is 2.00 bits per heavy atom. The molecule has 0 saturated heterocycles. The van der Waals surface area contributed by atoms with E-state index in [1.165, 1.54) is 18.2 Å². The van der Waals surface area contributed by atoms with Crippen molar-refractivity contribution in [2.75, 3.05) is 0 Å². The van der Waals surface area contributed by atoms with Gasteiger partial charge in [0.05, 0.1) is 0 Å². The molecule has 4 nitrogen and oxygen atoms in total. The Morgan fingerprint density at radius 3 is 2.50 bits per heavy atom. The number of nitrogens with zero attached hydrogens (tertiary/aromatic N) is 2. The number of phenolic OH excluding ortho intramolecular Hbond substituents is 2. The number of phenols is 2. The molecular weight excluding hydrogens is 132 g/mol. The van der Waals surface area contributed by atoms with Gasteiger partial charge in [0, 0.05) is 6.07 Å². The summed E-state index contributed by atoms with van der Waals surface area (Å²) in [5.41, 5.74) is -0.0417. The van der Waals surface area contributed by atoms with Gasteiger partial charge in [0.1, 0.15) is 0 Å². The Bertz CT molecular complexity index is 290. The molecule has 2 N–H and O–H groups in total. The maximum atomic E-state index is 8.89. The molecule has 1 rings (SSSR count). The second kappa shape index (κ2) is 2.23. The molecular formula is C6H5N2O2+. The van der Waals surface area contributed by atoms with Crippen molar-refractivity contribution in [3.05, 3.63) is 23.2 Å². The fourth-order valence-corrected chi connectivity index (χ4v) is 0.600.